The van der Waals surface area contributed by atoms with Gasteiger partial charge in [0.2, 0.25) is 0 Å². The third-order valence-corrected chi connectivity index (χ3v) is 5.90. The molecule has 1 aliphatic heterocycles. The molecular formula is C19H20BrNO5. The quantitative estimate of drug-likeness (QED) is 0.758. The summed E-state index contributed by atoms with van der Waals surface area (Å²) in [5.74, 6) is -1.32. The maximum atomic E-state index is 12.7. The summed E-state index contributed by atoms with van der Waals surface area (Å²) in [7, 11) is 1.45. The van der Waals surface area contributed by atoms with E-state index in [0.29, 0.717) is 16.9 Å². The molecule has 1 heterocycles. The molecule has 1 amide bonds. The Labute approximate surface area is 160 Å². The molecule has 1 aromatic carbocycles. The van der Waals surface area contributed by atoms with Crippen molar-refractivity contribution in [2.24, 2.45) is 5.92 Å². The molecule has 3 rings (SSSR count). The van der Waals surface area contributed by atoms with Crippen LogP contribution in [-0.4, -0.2) is 35.9 Å². The van der Waals surface area contributed by atoms with Gasteiger partial charge in [-0.05, 0) is 45.0 Å². The van der Waals surface area contributed by atoms with Crippen molar-refractivity contribution in [3.8, 4) is 0 Å². The lowest BCUT2D eigenvalue weighted by atomic mass is 9.69. The van der Waals surface area contributed by atoms with E-state index in [1.165, 1.54) is 7.11 Å². The second-order valence-electron chi connectivity index (χ2n) is 7.00. The molecule has 26 heavy (non-hydrogen) atoms. The van der Waals surface area contributed by atoms with Gasteiger partial charge in [0.05, 0.1) is 7.11 Å². The number of benzene rings is 1. The van der Waals surface area contributed by atoms with Crippen molar-refractivity contribution in [3.05, 3.63) is 45.6 Å². The largest absolute Gasteiger partial charge is 0.496 e. The zero-order chi connectivity index (χ0) is 19.3. The molecule has 1 aliphatic carbocycles. The van der Waals surface area contributed by atoms with Crippen LogP contribution >= 0.6 is 15.9 Å². The standard InChI is InChI=1S/C19H20BrNO5/c1-10-13(22)9-14-18(2,17(24)26-19(14,3)15(10)25-4)21-16(23)11-5-7-12(20)8-6-11/h5-8,14H,9H2,1-4H3,(H,21,23)/t14-,18-,19+/m1/s1. The summed E-state index contributed by atoms with van der Waals surface area (Å²) in [6, 6.07) is 6.79. The van der Waals surface area contributed by atoms with Crippen molar-refractivity contribution in [2.75, 3.05) is 7.11 Å². The van der Waals surface area contributed by atoms with Crippen LogP contribution in [0.25, 0.3) is 0 Å². The van der Waals surface area contributed by atoms with Crippen LogP contribution in [0, 0.1) is 5.92 Å². The predicted molar refractivity (Wildman–Crippen MR) is 97.3 cm³/mol. The van der Waals surface area contributed by atoms with Gasteiger partial charge < -0.3 is 14.8 Å². The summed E-state index contributed by atoms with van der Waals surface area (Å²) in [4.78, 5) is 37.8. The van der Waals surface area contributed by atoms with E-state index in [-0.39, 0.29) is 12.2 Å². The molecule has 0 saturated carbocycles. The summed E-state index contributed by atoms with van der Waals surface area (Å²) in [6.45, 7) is 4.98. The monoisotopic (exact) mass is 421 g/mol. The maximum Gasteiger partial charge on any atom is 0.333 e. The number of methoxy groups -OCH3 is 1. The van der Waals surface area contributed by atoms with Gasteiger partial charge in [0.15, 0.2) is 11.4 Å². The first-order valence-electron chi connectivity index (χ1n) is 8.23. The molecule has 0 spiro atoms. The SMILES string of the molecule is COC1=C(C)C(=O)C[C@@H]2[C@@](C)(NC(=O)c3ccc(Br)cc3)C(=O)O[C@]12C. The highest BCUT2D eigenvalue weighted by atomic mass is 79.9. The number of carbonyl (C=O) groups is 3. The van der Waals surface area contributed by atoms with E-state index < -0.39 is 28.9 Å². The number of ether oxygens (including phenoxy) is 2. The maximum absolute atomic E-state index is 12.7. The van der Waals surface area contributed by atoms with Crippen molar-refractivity contribution in [1.29, 1.82) is 0 Å². The summed E-state index contributed by atoms with van der Waals surface area (Å²) in [6.07, 6.45) is 0.0953. The molecule has 138 valence electrons. The first-order valence-corrected chi connectivity index (χ1v) is 9.03. The van der Waals surface area contributed by atoms with Gasteiger partial charge in [-0.2, -0.15) is 0 Å². The number of carbonyl (C=O) groups excluding carboxylic acids is 3. The number of hydrogen-bond acceptors (Lipinski definition) is 5. The van der Waals surface area contributed by atoms with Gasteiger partial charge in [-0.15, -0.1) is 0 Å². The Morgan fingerprint density at radius 2 is 1.88 bits per heavy atom. The third-order valence-electron chi connectivity index (χ3n) is 5.37. The second kappa shape index (κ2) is 6.23. The van der Waals surface area contributed by atoms with Crippen molar-refractivity contribution in [1.82, 2.24) is 5.32 Å². The molecule has 1 fully saturated rings. The van der Waals surface area contributed by atoms with Crippen LogP contribution < -0.4 is 5.32 Å². The molecular weight excluding hydrogens is 402 g/mol. The van der Waals surface area contributed by atoms with E-state index in [1.54, 1.807) is 45.0 Å². The van der Waals surface area contributed by atoms with Gasteiger partial charge in [0.1, 0.15) is 11.3 Å². The molecule has 0 aromatic heterocycles. The first kappa shape index (κ1) is 18.6. The highest BCUT2D eigenvalue weighted by Gasteiger charge is 2.65. The number of rotatable bonds is 3. The Morgan fingerprint density at radius 1 is 1.27 bits per heavy atom. The molecule has 0 unspecified atom stereocenters. The Kier molecular flexibility index (Phi) is 4.46. The van der Waals surface area contributed by atoms with Crippen molar-refractivity contribution < 1.29 is 23.9 Å². The van der Waals surface area contributed by atoms with E-state index in [1.807, 2.05) is 0 Å². The van der Waals surface area contributed by atoms with E-state index in [2.05, 4.69) is 21.2 Å². The van der Waals surface area contributed by atoms with Crippen LogP contribution in [0.3, 0.4) is 0 Å². The number of allylic oxidation sites excluding steroid dienone is 1. The van der Waals surface area contributed by atoms with Gasteiger partial charge in [-0.3, -0.25) is 9.59 Å². The molecule has 1 aromatic rings. The van der Waals surface area contributed by atoms with Crippen molar-refractivity contribution in [3.63, 3.8) is 0 Å². The molecule has 6 nitrogen and oxygen atoms in total. The minimum absolute atomic E-state index is 0.0953. The Balaban J connectivity index is 1.97. The molecule has 0 radical (unpaired) electrons. The lowest BCUT2D eigenvalue weighted by Crippen LogP contribution is -2.57. The number of halogens is 1. The van der Waals surface area contributed by atoms with Crippen LogP contribution in [0.5, 0.6) is 0 Å². The number of hydrogen-bond donors (Lipinski definition) is 1. The minimum Gasteiger partial charge on any atom is -0.496 e. The zero-order valence-electron chi connectivity index (χ0n) is 15.0. The number of ketones is 1. The fraction of sp³-hybridized carbons (Fsp3) is 0.421. The number of nitrogens with one attached hydrogen (secondary N) is 1. The lowest BCUT2D eigenvalue weighted by molar-refractivity contribution is -0.151. The highest BCUT2D eigenvalue weighted by Crippen LogP contribution is 2.50. The van der Waals surface area contributed by atoms with Crippen molar-refractivity contribution in [2.45, 2.75) is 38.3 Å². The molecule has 0 bridgehead atoms. The Morgan fingerprint density at radius 3 is 2.46 bits per heavy atom. The van der Waals surface area contributed by atoms with E-state index in [9.17, 15) is 14.4 Å². The Hall–Kier alpha value is -2.15. The van der Waals surface area contributed by atoms with Crippen LogP contribution in [0.15, 0.2) is 40.1 Å². The number of Topliss-reactive ketones (excluding diaryl/α,β-unsaturated/α-hetero) is 1. The molecule has 3 atom stereocenters. The van der Waals surface area contributed by atoms with Gasteiger partial charge in [-0.25, -0.2) is 4.79 Å². The summed E-state index contributed by atoms with van der Waals surface area (Å²) >= 11 is 3.32. The van der Waals surface area contributed by atoms with Gasteiger partial charge in [-0.1, -0.05) is 15.9 Å². The second-order valence-corrected chi connectivity index (χ2v) is 7.91. The van der Waals surface area contributed by atoms with Gasteiger partial charge >= 0.3 is 5.97 Å². The lowest BCUT2D eigenvalue weighted by Gasteiger charge is -2.39. The van der Waals surface area contributed by atoms with Crippen molar-refractivity contribution >= 4 is 33.6 Å². The van der Waals surface area contributed by atoms with Gasteiger partial charge in [0, 0.05) is 27.9 Å². The number of amides is 1. The molecule has 1 N–H and O–H groups in total. The topological polar surface area (TPSA) is 81.7 Å². The molecule has 1 saturated heterocycles. The van der Waals surface area contributed by atoms with E-state index in [4.69, 9.17) is 9.47 Å². The normalized spacial score (nSPS) is 30.7. The average molecular weight is 422 g/mol. The third kappa shape index (κ3) is 2.65. The molecule has 7 heteroatoms. The van der Waals surface area contributed by atoms with E-state index in [0.717, 1.165) is 4.47 Å². The number of esters is 1. The smallest absolute Gasteiger partial charge is 0.333 e. The van der Waals surface area contributed by atoms with E-state index >= 15 is 0 Å². The summed E-state index contributed by atoms with van der Waals surface area (Å²) < 4.78 is 11.9. The molecule has 2 aliphatic rings. The van der Waals surface area contributed by atoms with Gasteiger partial charge in [0.25, 0.3) is 5.91 Å². The zero-order valence-corrected chi connectivity index (χ0v) is 16.6. The van der Waals surface area contributed by atoms with Crippen LogP contribution in [-0.2, 0) is 19.1 Å². The summed E-state index contributed by atoms with van der Waals surface area (Å²) in [5, 5.41) is 2.79. The average Bonchev–Trinajstić information content (AvgIpc) is 2.76. The van der Waals surface area contributed by atoms with Crippen LogP contribution in [0.4, 0.5) is 0 Å². The van der Waals surface area contributed by atoms with Crippen LogP contribution in [0.2, 0.25) is 0 Å². The Bertz CT molecular complexity index is 831. The summed E-state index contributed by atoms with van der Waals surface area (Å²) in [5.41, 5.74) is -1.57. The first-order chi connectivity index (χ1) is 12.1. The minimum atomic E-state index is -1.33. The number of fused-ring (bicyclic) bond motifs is 1. The fourth-order valence-corrected chi connectivity index (χ4v) is 4.17. The van der Waals surface area contributed by atoms with Crippen LogP contribution in [0.1, 0.15) is 37.6 Å². The predicted octanol–water partition coefficient (Wildman–Crippen LogP) is 2.76. The fourth-order valence-electron chi connectivity index (χ4n) is 3.91. The highest BCUT2D eigenvalue weighted by molar-refractivity contribution is 9.10.